The van der Waals surface area contributed by atoms with E-state index in [9.17, 15) is 9.65 Å². The maximum atomic E-state index is 14.0. The normalized spacial score (nSPS) is 11.0. The molecular weight excluding hydrogens is 349 g/mol. The van der Waals surface area contributed by atoms with E-state index >= 15 is 0 Å². The van der Waals surface area contributed by atoms with Gasteiger partial charge in [-0.2, -0.15) is 5.26 Å². The van der Waals surface area contributed by atoms with Gasteiger partial charge in [0.15, 0.2) is 11.0 Å². The van der Waals surface area contributed by atoms with E-state index in [2.05, 4.69) is 16.3 Å². The van der Waals surface area contributed by atoms with Crippen LogP contribution < -0.4 is 0 Å². The van der Waals surface area contributed by atoms with Crippen molar-refractivity contribution in [1.82, 2.24) is 19.2 Å². The molecule has 1 aromatic carbocycles. The molecule has 0 saturated heterocycles. The van der Waals surface area contributed by atoms with Crippen LogP contribution in [-0.4, -0.2) is 19.2 Å². The molecule has 0 aliphatic rings. The summed E-state index contributed by atoms with van der Waals surface area (Å²) in [6.45, 7) is 0. The maximum absolute atomic E-state index is 14.0. The summed E-state index contributed by atoms with van der Waals surface area (Å²) in [4.78, 5) is 0. The van der Waals surface area contributed by atoms with Gasteiger partial charge in [-0.1, -0.05) is 30.0 Å². The number of thioether (sulfide) groups is 1. The number of benzene rings is 1. The minimum Gasteiger partial charge on any atom is -0.322 e. The highest BCUT2D eigenvalue weighted by atomic mass is 32.2. The molecule has 128 valence electrons. The number of fused-ring (bicyclic) bond motifs is 1. The highest BCUT2D eigenvalue weighted by Gasteiger charge is 2.16. The van der Waals surface area contributed by atoms with E-state index in [1.54, 1.807) is 22.8 Å². The summed E-state index contributed by atoms with van der Waals surface area (Å²) < 4.78 is 17.7. The lowest BCUT2D eigenvalue weighted by molar-refractivity contribution is 0.628. The molecule has 0 radical (unpaired) electrons. The Kier molecular flexibility index (Phi) is 4.19. The molecule has 26 heavy (non-hydrogen) atoms. The van der Waals surface area contributed by atoms with Crippen molar-refractivity contribution in [2.75, 3.05) is 0 Å². The largest absolute Gasteiger partial charge is 0.322 e. The summed E-state index contributed by atoms with van der Waals surface area (Å²) >= 11 is 1.47. The Bertz CT molecular complexity index is 1140. The van der Waals surface area contributed by atoms with Crippen LogP contribution >= 0.6 is 11.8 Å². The van der Waals surface area contributed by atoms with Crippen LogP contribution in [0.4, 0.5) is 4.39 Å². The van der Waals surface area contributed by atoms with E-state index < -0.39 is 0 Å². The van der Waals surface area contributed by atoms with Crippen molar-refractivity contribution >= 4 is 17.3 Å². The zero-order valence-corrected chi connectivity index (χ0v) is 14.7. The molecule has 4 rings (SSSR count). The predicted octanol–water partition coefficient (Wildman–Crippen LogP) is 4.04. The van der Waals surface area contributed by atoms with Gasteiger partial charge in [-0.25, -0.2) is 4.39 Å². The molecule has 4 aromatic rings. The lowest BCUT2D eigenvalue weighted by Crippen LogP contribution is -1.96. The number of halogens is 1. The smallest absolute Gasteiger partial charge is 0.191 e. The summed E-state index contributed by atoms with van der Waals surface area (Å²) in [5.41, 5.74) is 2.89. The van der Waals surface area contributed by atoms with Crippen molar-refractivity contribution < 1.29 is 4.39 Å². The van der Waals surface area contributed by atoms with E-state index in [-0.39, 0.29) is 5.82 Å². The first kappa shape index (κ1) is 16.4. The zero-order chi connectivity index (χ0) is 18.1. The first-order chi connectivity index (χ1) is 12.7. The summed E-state index contributed by atoms with van der Waals surface area (Å²) in [6.07, 6.45) is 3.87. The van der Waals surface area contributed by atoms with Gasteiger partial charge in [0.2, 0.25) is 0 Å². The number of rotatable bonds is 4. The first-order valence-electron chi connectivity index (χ1n) is 7.95. The second kappa shape index (κ2) is 6.65. The van der Waals surface area contributed by atoms with Crippen molar-refractivity contribution in [1.29, 1.82) is 5.26 Å². The Morgan fingerprint density at radius 2 is 1.96 bits per heavy atom. The van der Waals surface area contributed by atoms with Gasteiger partial charge in [-0.05, 0) is 29.8 Å². The fourth-order valence-corrected chi connectivity index (χ4v) is 3.76. The quantitative estimate of drug-likeness (QED) is 0.514. The van der Waals surface area contributed by atoms with Crippen LogP contribution in [-0.2, 0) is 12.8 Å². The van der Waals surface area contributed by atoms with Crippen LogP contribution in [0, 0.1) is 17.1 Å². The lowest BCUT2D eigenvalue weighted by atomic mass is 10.2. The molecule has 0 aliphatic carbocycles. The molecule has 0 spiro atoms. The van der Waals surface area contributed by atoms with Crippen LogP contribution in [0.25, 0.3) is 16.9 Å². The van der Waals surface area contributed by atoms with Crippen molar-refractivity contribution in [2.24, 2.45) is 7.05 Å². The van der Waals surface area contributed by atoms with Gasteiger partial charge in [0.25, 0.3) is 0 Å². The second-order valence-electron chi connectivity index (χ2n) is 5.77. The maximum Gasteiger partial charge on any atom is 0.191 e. The van der Waals surface area contributed by atoms with E-state index in [0.29, 0.717) is 27.9 Å². The average Bonchev–Trinajstić information content (AvgIpc) is 3.20. The predicted molar refractivity (Wildman–Crippen MR) is 98.1 cm³/mol. The number of nitrogens with zero attached hydrogens (tertiary/aromatic N) is 5. The number of hydrogen-bond donors (Lipinski definition) is 0. The van der Waals surface area contributed by atoms with Gasteiger partial charge < -0.3 is 8.97 Å². The molecule has 0 atom stereocenters. The average molecular weight is 363 g/mol. The monoisotopic (exact) mass is 363 g/mol. The first-order valence-corrected chi connectivity index (χ1v) is 8.93. The Labute approximate surface area is 153 Å². The third-order valence-electron chi connectivity index (χ3n) is 4.18. The molecule has 0 amide bonds. The minimum absolute atomic E-state index is 0.329. The Hall–Kier alpha value is -3.11. The van der Waals surface area contributed by atoms with Crippen LogP contribution in [0.1, 0.15) is 11.1 Å². The molecule has 0 saturated carbocycles. The zero-order valence-electron chi connectivity index (χ0n) is 13.9. The van der Waals surface area contributed by atoms with Gasteiger partial charge in [0.05, 0.1) is 16.6 Å². The van der Waals surface area contributed by atoms with E-state index in [1.165, 1.54) is 17.8 Å². The second-order valence-corrected chi connectivity index (χ2v) is 6.71. The number of hydrogen-bond acceptors (Lipinski definition) is 4. The fraction of sp³-hybridized carbons (Fsp3) is 0.105. The highest BCUT2D eigenvalue weighted by Crippen LogP contribution is 2.29. The highest BCUT2D eigenvalue weighted by molar-refractivity contribution is 7.98. The number of pyridine rings is 1. The van der Waals surface area contributed by atoms with E-state index in [4.69, 9.17) is 0 Å². The van der Waals surface area contributed by atoms with Crippen LogP contribution in [0.15, 0.2) is 60.0 Å². The van der Waals surface area contributed by atoms with Crippen LogP contribution in [0.3, 0.4) is 0 Å². The van der Waals surface area contributed by atoms with Crippen molar-refractivity contribution in [3.8, 4) is 17.5 Å². The van der Waals surface area contributed by atoms with Crippen molar-refractivity contribution in [3.05, 3.63) is 71.8 Å². The molecule has 0 bridgehead atoms. The van der Waals surface area contributed by atoms with Crippen LogP contribution in [0.5, 0.6) is 0 Å². The van der Waals surface area contributed by atoms with Gasteiger partial charge in [-0.15, -0.1) is 10.2 Å². The standard InChI is InChI=1S/C19H14FN5S/c1-24-18(14-6-2-3-7-16(14)20)22-23-19(24)26-12-13-11-25-9-5-4-8-17(25)15(13)10-21/h2-9,11H,12H2,1H3. The molecule has 0 fully saturated rings. The molecule has 0 aliphatic heterocycles. The Morgan fingerprint density at radius 1 is 1.15 bits per heavy atom. The van der Waals surface area contributed by atoms with Crippen LogP contribution in [0.2, 0.25) is 0 Å². The van der Waals surface area contributed by atoms with Crippen molar-refractivity contribution in [2.45, 2.75) is 10.9 Å². The van der Waals surface area contributed by atoms with Gasteiger partial charge in [-0.3, -0.25) is 0 Å². The summed E-state index contributed by atoms with van der Waals surface area (Å²) in [6, 6.07) is 14.5. The number of nitriles is 1. The summed E-state index contributed by atoms with van der Waals surface area (Å²) in [5, 5.41) is 18.5. The van der Waals surface area contributed by atoms with Crippen molar-refractivity contribution in [3.63, 3.8) is 0 Å². The van der Waals surface area contributed by atoms with E-state index in [1.807, 2.05) is 42.0 Å². The minimum atomic E-state index is -0.329. The molecule has 0 unspecified atom stereocenters. The molecule has 3 heterocycles. The van der Waals surface area contributed by atoms with Gasteiger partial charge in [0.1, 0.15) is 11.9 Å². The Morgan fingerprint density at radius 3 is 2.77 bits per heavy atom. The summed E-state index contributed by atoms with van der Waals surface area (Å²) in [7, 11) is 1.81. The fourth-order valence-electron chi connectivity index (χ4n) is 2.88. The Balaban J connectivity index is 1.62. The number of aromatic nitrogens is 4. The molecular formula is C19H14FN5S. The topological polar surface area (TPSA) is 58.9 Å². The van der Waals surface area contributed by atoms with Gasteiger partial charge in [0, 0.05) is 25.2 Å². The summed E-state index contributed by atoms with van der Waals surface area (Å²) in [5.74, 6) is 0.728. The van der Waals surface area contributed by atoms with Gasteiger partial charge >= 0.3 is 0 Å². The lowest BCUT2D eigenvalue weighted by Gasteiger charge is -2.04. The van der Waals surface area contributed by atoms with E-state index in [0.717, 1.165) is 11.1 Å². The SMILES string of the molecule is Cn1c(SCc2cn3ccccc3c2C#N)nnc1-c1ccccc1F. The molecule has 0 N–H and O–H groups in total. The molecule has 7 heteroatoms. The molecule has 3 aromatic heterocycles. The molecule has 5 nitrogen and oxygen atoms in total. The third kappa shape index (κ3) is 2.74. The third-order valence-corrected chi connectivity index (χ3v) is 5.25.